The summed E-state index contributed by atoms with van der Waals surface area (Å²) in [5.74, 6) is 0.911. The van der Waals surface area contributed by atoms with Crippen molar-refractivity contribution in [3.05, 3.63) is 35.4 Å². The number of benzene rings is 1. The number of carbonyl (C=O) groups is 1. The van der Waals surface area contributed by atoms with Crippen LogP contribution in [0.1, 0.15) is 62.6 Å². The van der Waals surface area contributed by atoms with Crippen LogP contribution >= 0.6 is 0 Å². The van der Waals surface area contributed by atoms with Gasteiger partial charge in [0.05, 0.1) is 6.04 Å². The highest BCUT2D eigenvalue weighted by Gasteiger charge is 2.22. The summed E-state index contributed by atoms with van der Waals surface area (Å²) in [5, 5.41) is 0. The van der Waals surface area contributed by atoms with Gasteiger partial charge in [0.2, 0.25) is 5.91 Å². The van der Waals surface area contributed by atoms with Crippen molar-refractivity contribution in [3.63, 3.8) is 0 Å². The van der Waals surface area contributed by atoms with Gasteiger partial charge in [-0.3, -0.25) is 4.79 Å². The number of rotatable bonds is 4. The SMILES string of the molecule is Cc1ccc(C(C)N(C)C(=O)CC2CCCCC2)cc1. The number of hydrogen-bond donors (Lipinski definition) is 0. The lowest BCUT2D eigenvalue weighted by atomic mass is 9.86. The molecule has 1 aromatic carbocycles. The predicted octanol–water partition coefficient (Wildman–Crippen LogP) is 4.48. The molecule has 0 spiro atoms. The Morgan fingerprint density at radius 2 is 1.80 bits per heavy atom. The average molecular weight is 273 g/mol. The molecule has 1 aromatic rings. The molecule has 0 aromatic heterocycles. The van der Waals surface area contributed by atoms with E-state index in [2.05, 4.69) is 38.1 Å². The zero-order chi connectivity index (χ0) is 14.5. The first-order valence-corrected chi connectivity index (χ1v) is 7.90. The largest absolute Gasteiger partial charge is 0.339 e. The molecule has 0 heterocycles. The van der Waals surface area contributed by atoms with Crippen molar-refractivity contribution in [2.24, 2.45) is 5.92 Å². The molecule has 110 valence electrons. The third-order valence-electron chi connectivity index (χ3n) is 4.72. The lowest BCUT2D eigenvalue weighted by Crippen LogP contribution is -2.31. The fourth-order valence-corrected chi connectivity index (χ4v) is 3.07. The molecule has 1 amide bonds. The van der Waals surface area contributed by atoms with Gasteiger partial charge in [0, 0.05) is 13.5 Å². The second-order valence-corrected chi connectivity index (χ2v) is 6.30. The van der Waals surface area contributed by atoms with Crippen LogP contribution in [-0.2, 0) is 4.79 Å². The number of nitrogens with zero attached hydrogens (tertiary/aromatic N) is 1. The van der Waals surface area contributed by atoms with Gasteiger partial charge in [-0.25, -0.2) is 0 Å². The van der Waals surface area contributed by atoms with Crippen molar-refractivity contribution in [1.82, 2.24) is 4.90 Å². The quantitative estimate of drug-likeness (QED) is 0.791. The molecule has 0 aliphatic heterocycles. The number of hydrogen-bond acceptors (Lipinski definition) is 1. The van der Waals surface area contributed by atoms with Crippen molar-refractivity contribution < 1.29 is 4.79 Å². The van der Waals surface area contributed by atoms with E-state index < -0.39 is 0 Å². The van der Waals surface area contributed by atoms with Gasteiger partial charge in [-0.2, -0.15) is 0 Å². The minimum absolute atomic E-state index is 0.159. The standard InChI is InChI=1S/C18H27NO/c1-14-9-11-17(12-10-14)15(2)19(3)18(20)13-16-7-5-4-6-8-16/h9-12,15-16H,4-8,13H2,1-3H3. The first-order valence-electron chi connectivity index (χ1n) is 7.90. The second kappa shape index (κ2) is 6.92. The van der Waals surface area contributed by atoms with Crippen LogP contribution in [0.25, 0.3) is 0 Å². The van der Waals surface area contributed by atoms with Gasteiger partial charge in [-0.1, -0.05) is 49.1 Å². The fourth-order valence-electron chi connectivity index (χ4n) is 3.07. The van der Waals surface area contributed by atoms with Gasteiger partial charge in [0.1, 0.15) is 0 Å². The van der Waals surface area contributed by atoms with E-state index in [-0.39, 0.29) is 6.04 Å². The van der Waals surface area contributed by atoms with Crippen molar-refractivity contribution in [1.29, 1.82) is 0 Å². The fraction of sp³-hybridized carbons (Fsp3) is 0.611. The molecule has 2 rings (SSSR count). The minimum Gasteiger partial charge on any atom is -0.339 e. The average Bonchev–Trinajstić information content (AvgIpc) is 2.47. The summed E-state index contributed by atoms with van der Waals surface area (Å²) in [7, 11) is 1.94. The number of amides is 1. The Hall–Kier alpha value is -1.31. The van der Waals surface area contributed by atoms with Crippen LogP contribution in [0.15, 0.2) is 24.3 Å². The Kier molecular flexibility index (Phi) is 5.22. The first-order chi connectivity index (χ1) is 9.58. The molecule has 0 N–H and O–H groups in total. The smallest absolute Gasteiger partial charge is 0.223 e. The van der Waals surface area contributed by atoms with E-state index in [0.29, 0.717) is 11.8 Å². The maximum atomic E-state index is 12.4. The Morgan fingerprint density at radius 3 is 2.40 bits per heavy atom. The molecule has 0 saturated heterocycles. The Balaban J connectivity index is 1.93. The summed E-state index contributed by atoms with van der Waals surface area (Å²) in [4.78, 5) is 14.3. The molecule has 0 bridgehead atoms. The van der Waals surface area contributed by atoms with Crippen LogP contribution in [0.5, 0.6) is 0 Å². The third-order valence-corrected chi connectivity index (χ3v) is 4.72. The van der Waals surface area contributed by atoms with Crippen LogP contribution in [0.3, 0.4) is 0 Å². The summed E-state index contributed by atoms with van der Waals surface area (Å²) in [5.41, 5.74) is 2.48. The predicted molar refractivity (Wildman–Crippen MR) is 83.6 cm³/mol. The van der Waals surface area contributed by atoms with Crippen molar-refractivity contribution in [2.75, 3.05) is 7.05 Å². The van der Waals surface area contributed by atoms with Crippen LogP contribution in [0, 0.1) is 12.8 Å². The van der Waals surface area contributed by atoms with Gasteiger partial charge in [0.15, 0.2) is 0 Å². The molecule has 1 aliphatic carbocycles. The van der Waals surface area contributed by atoms with Crippen molar-refractivity contribution in [3.8, 4) is 0 Å². The van der Waals surface area contributed by atoms with E-state index in [4.69, 9.17) is 0 Å². The number of carbonyl (C=O) groups excluding carboxylic acids is 1. The van der Waals surface area contributed by atoms with Gasteiger partial charge in [-0.15, -0.1) is 0 Å². The molecule has 1 atom stereocenters. The summed E-state index contributed by atoms with van der Waals surface area (Å²) in [6, 6.07) is 8.65. The summed E-state index contributed by atoms with van der Waals surface area (Å²) in [6.45, 7) is 4.20. The van der Waals surface area contributed by atoms with E-state index in [0.717, 1.165) is 6.42 Å². The third kappa shape index (κ3) is 3.84. The maximum absolute atomic E-state index is 12.4. The van der Waals surface area contributed by atoms with Crippen LogP contribution in [-0.4, -0.2) is 17.9 Å². The highest BCUT2D eigenvalue weighted by Crippen LogP contribution is 2.28. The van der Waals surface area contributed by atoms with Crippen LogP contribution < -0.4 is 0 Å². The molecule has 2 nitrogen and oxygen atoms in total. The lowest BCUT2D eigenvalue weighted by Gasteiger charge is -2.28. The minimum atomic E-state index is 0.159. The summed E-state index contributed by atoms with van der Waals surface area (Å²) < 4.78 is 0. The number of aryl methyl sites for hydroxylation is 1. The molecular weight excluding hydrogens is 246 g/mol. The molecule has 1 fully saturated rings. The van der Waals surface area contributed by atoms with Gasteiger partial charge >= 0.3 is 0 Å². The zero-order valence-electron chi connectivity index (χ0n) is 13.1. The Bertz CT molecular complexity index is 431. The highest BCUT2D eigenvalue weighted by molar-refractivity contribution is 5.76. The van der Waals surface area contributed by atoms with Crippen molar-refractivity contribution in [2.45, 2.75) is 58.4 Å². The van der Waals surface area contributed by atoms with E-state index in [1.54, 1.807) is 0 Å². The van der Waals surface area contributed by atoms with Gasteiger partial charge in [-0.05, 0) is 38.2 Å². The summed E-state index contributed by atoms with van der Waals surface area (Å²) >= 11 is 0. The Labute approximate surface area is 123 Å². The molecule has 1 aliphatic rings. The van der Waals surface area contributed by atoms with Crippen LogP contribution in [0.4, 0.5) is 0 Å². The monoisotopic (exact) mass is 273 g/mol. The van der Waals surface area contributed by atoms with Gasteiger partial charge in [0.25, 0.3) is 0 Å². The zero-order valence-corrected chi connectivity index (χ0v) is 13.1. The molecule has 0 radical (unpaired) electrons. The maximum Gasteiger partial charge on any atom is 0.223 e. The molecular formula is C18H27NO. The van der Waals surface area contributed by atoms with Crippen LogP contribution in [0.2, 0.25) is 0 Å². The molecule has 2 heteroatoms. The molecule has 1 unspecified atom stereocenters. The van der Waals surface area contributed by atoms with Gasteiger partial charge < -0.3 is 4.90 Å². The lowest BCUT2D eigenvalue weighted by molar-refractivity contribution is -0.133. The van der Waals surface area contributed by atoms with Crippen molar-refractivity contribution >= 4 is 5.91 Å². The topological polar surface area (TPSA) is 20.3 Å². The van der Waals surface area contributed by atoms with E-state index in [1.165, 1.54) is 43.2 Å². The second-order valence-electron chi connectivity index (χ2n) is 6.30. The summed E-state index contributed by atoms with van der Waals surface area (Å²) in [6.07, 6.45) is 7.15. The van der Waals surface area contributed by atoms with E-state index >= 15 is 0 Å². The molecule has 1 saturated carbocycles. The highest BCUT2D eigenvalue weighted by atomic mass is 16.2. The van der Waals surface area contributed by atoms with E-state index in [9.17, 15) is 4.79 Å². The Morgan fingerprint density at radius 1 is 1.20 bits per heavy atom. The first kappa shape index (κ1) is 15.1. The van der Waals surface area contributed by atoms with E-state index in [1.807, 2.05) is 11.9 Å². The normalized spacial score (nSPS) is 17.8. The molecule has 20 heavy (non-hydrogen) atoms.